The monoisotopic (exact) mass is 397 g/mol. The number of morpholine rings is 1. The van der Waals surface area contributed by atoms with E-state index in [-0.39, 0.29) is 24.7 Å². The molecule has 2 amide bonds. The molecule has 3 rings (SSSR count). The van der Waals surface area contributed by atoms with E-state index in [1.165, 1.54) is 5.56 Å². The molecule has 1 saturated heterocycles. The molecule has 154 valence electrons. The van der Waals surface area contributed by atoms with Crippen LogP contribution >= 0.6 is 0 Å². The smallest absolute Gasteiger partial charge is 0.255 e. The molecular formula is C22H27N3O4. The lowest BCUT2D eigenvalue weighted by Crippen LogP contribution is -2.44. The summed E-state index contributed by atoms with van der Waals surface area (Å²) in [4.78, 5) is 25.6. The Balaban J connectivity index is 1.54. The average molecular weight is 397 g/mol. The Morgan fingerprint density at radius 2 is 1.69 bits per heavy atom. The van der Waals surface area contributed by atoms with Gasteiger partial charge in [0.2, 0.25) is 0 Å². The quantitative estimate of drug-likeness (QED) is 0.748. The molecule has 29 heavy (non-hydrogen) atoms. The predicted octanol–water partition coefficient (Wildman–Crippen LogP) is 2.41. The number of amides is 2. The molecule has 7 nitrogen and oxygen atoms in total. The fraction of sp³-hybridized carbons (Fsp3) is 0.364. The van der Waals surface area contributed by atoms with Gasteiger partial charge in [0.25, 0.3) is 11.8 Å². The lowest BCUT2D eigenvalue weighted by Gasteiger charge is -2.35. The molecule has 1 fully saturated rings. The van der Waals surface area contributed by atoms with Gasteiger partial charge in [-0.25, -0.2) is 0 Å². The Morgan fingerprint density at radius 3 is 2.28 bits per heavy atom. The van der Waals surface area contributed by atoms with Crippen LogP contribution in [0.2, 0.25) is 0 Å². The van der Waals surface area contributed by atoms with Crippen LogP contribution in [0, 0.1) is 0 Å². The van der Waals surface area contributed by atoms with Gasteiger partial charge in [0.15, 0.2) is 6.61 Å². The van der Waals surface area contributed by atoms with Gasteiger partial charge in [-0.2, -0.15) is 0 Å². The van der Waals surface area contributed by atoms with E-state index in [2.05, 4.69) is 24.1 Å². The number of ether oxygens (including phenoxy) is 2. The Morgan fingerprint density at radius 1 is 1.07 bits per heavy atom. The number of nitrogens with two attached hydrogens (primary N) is 1. The van der Waals surface area contributed by atoms with Crippen LogP contribution in [0.25, 0.3) is 0 Å². The number of hydrogen-bond donors (Lipinski definition) is 2. The first-order valence-corrected chi connectivity index (χ1v) is 9.68. The number of rotatable bonds is 7. The molecule has 0 aromatic heterocycles. The van der Waals surface area contributed by atoms with Crippen molar-refractivity contribution in [2.24, 2.45) is 5.73 Å². The van der Waals surface area contributed by atoms with Crippen LogP contribution in [0.3, 0.4) is 0 Å². The molecule has 1 aliphatic rings. The van der Waals surface area contributed by atoms with Gasteiger partial charge in [0, 0.05) is 30.9 Å². The van der Waals surface area contributed by atoms with Crippen LogP contribution < -0.4 is 15.8 Å². The molecule has 3 N–H and O–H groups in total. The van der Waals surface area contributed by atoms with Crippen molar-refractivity contribution in [1.82, 2.24) is 4.90 Å². The number of hydrogen-bond acceptors (Lipinski definition) is 5. The van der Waals surface area contributed by atoms with Crippen LogP contribution in [-0.2, 0) is 16.1 Å². The molecule has 2 aromatic rings. The fourth-order valence-electron chi connectivity index (χ4n) is 3.43. The van der Waals surface area contributed by atoms with Gasteiger partial charge in [0.05, 0.1) is 12.2 Å². The second kappa shape index (κ2) is 9.54. The van der Waals surface area contributed by atoms with Crippen molar-refractivity contribution in [1.29, 1.82) is 0 Å². The zero-order chi connectivity index (χ0) is 20.8. The molecule has 0 saturated carbocycles. The first kappa shape index (κ1) is 20.8. The average Bonchev–Trinajstić information content (AvgIpc) is 2.67. The van der Waals surface area contributed by atoms with E-state index in [0.29, 0.717) is 17.0 Å². The number of nitrogens with zero attached hydrogens (tertiary/aromatic N) is 1. The minimum atomic E-state index is -0.538. The molecule has 1 heterocycles. The van der Waals surface area contributed by atoms with Gasteiger partial charge in [-0.1, -0.05) is 12.1 Å². The van der Waals surface area contributed by atoms with Crippen LogP contribution in [0.15, 0.2) is 48.5 Å². The summed E-state index contributed by atoms with van der Waals surface area (Å²) in [5.74, 6) is -0.211. The third-order valence-corrected chi connectivity index (χ3v) is 4.61. The highest BCUT2D eigenvalue weighted by Gasteiger charge is 2.22. The summed E-state index contributed by atoms with van der Waals surface area (Å²) < 4.78 is 11.0. The Hall–Kier alpha value is -2.90. The molecule has 0 radical (unpaired) electrons. The van der Waals surface area contributed by atoms with E-state index >= 15 is 0 Å². The largest absolute Gasteiger partial charge is 0.484 e. The first-order valence-electron chi connectivity index (χ1n) is 9.68. The van der Waals surface area contributed by atoms with Crippen molar-refractivity contribution in [2.75, 3.05) is 25.0 Å². The summed E-state index contributed by atoms with van der Waals surface area (Å²) in [6.45, 7) is 6.66. The lowest BCUT2D eigenvalue weighted by molar-refractivity contribution is -0.119. The van der Waals surface area contributed by atoms with Crippen molar-refractivity contribution in [2.45, 2.75) is 32.6 Å². The first-order chi connectivity index (χ1) is 13.9. The highest BCUT2D eigenvalue weighted by molar-refractivity contribution is 6.04. The van der Waals surface area contributed by atoms with Crippen molar-refractivity contribution >= 4 is 17.5 Å². The van der Waals surface area contributed by atoms with Crippen LogP contribution in [0.5, 0.6) is 5.75 Å². The third-order valence-electron chi connectivity index (χ3n) is 4.61. The van der Waals surface area contributed by atoms with Crippen molar-refractivity contribution < 1.29 is 19.1 Å². The van der Waals surface area contributed by atoms with Crippen LogP contribution in [0.1, 0.15) is 29.8 Å². The summed E-state index contributed by atoms with van der Waals surface area (Å²) in [7, 11) is 0. The van der Waals surface area contributed by atoms with E-state index in [4.69, 9.17) is 15.2 Å². The van der Waals surface area contributed by atoms with Gasteiger partial charge in [-0.3, -0.25) is 14.5 Å². The van der Waals surface area contributed by atoms with Gasteiger partial charge < -0.3 is 20.5 Å². The third kappa shape index (κ3) is 6.30. The molecule has 0 aliphatic carbocycles. The van der Waals surface area contributed by atoms with Gasteiger partial charge in [0.1, 0.15) is 5.75 Å². The zero-order valence-electron chi connectivity index (χ0n) is 16.8. The van der Waals surface area contributed by atoms with Gasteiger partial charge in [-0.05, 0) is 55.8 Å². The second-order valence-electron chi connectivity index (χ2n) is 7.38. The van der Waals surface area contributed by atoms with E-state index in [1.807, 2.05) is 24.3 Å². The topological polar surface area (TPSA) is 93.9 Å². The number of primary amides is 1. The van der Waals surface area contributed by atoms with E-state index in [1.54, 1.807) is 24.3 Å². The Bertz CT molecular complexity index is 826. The number of anilines is 1. The van der Waals surface area contributed by atoms with E-state index in [0.717, 1.165) is 19.6 Å². The van der Waals surface area contributed by atoms with Crippen molar-refractivity contribution in [3.05, 3.63) is 59.7 Å². The highest BCUT2D eigenvalue weighted by Crippen LogP contribution is 2.18. The number of carbonyl (C=O) groups excluding carboxylic acids is 2. The molecule has 1 aliphatic heterocycles. The van der Waals surface area contributed by atoms with Crippen molar-refractivity contribution in [3.8, 4) is 5.75 Å². The number of carbonyl (C=O) groups is 2. The summed E-state index contributed by atoms with van der Waals surface area (Å²) in [6.07, 6.45) is 0.466. The molecule has 2 atom stereocenters. The zero-order valence-corrected chi connectivity index (χ0v) is 16.8. The summed E-state index contributed by atoms with van der Waals surface area (Å²) in [6, 6.07) is 14.4. The minimum absolute atomic E-state index is 0.180. The van der Waals surface area contributed by atoms with E-state index in [9.17, 15) is 9.59 Å². The highest BCUT2D eigenvalue weighted by atomic mass is 16.5. The maximum atomic E-state index is 12.5. The van der Waals surface area contributed by atoms with Crippen LogP contribution in [-0.4, -0.2) is 48.6 Å². The molecule has 2 aromatic carbocycles. The van der Waals surface area contributed by atoms with E-state index < -0.39 is 5.91 Å². The SMILES string of the molecule is CC1CN(Cc2ccc(C(=O)Nc3ccc(OCC(N)=O)cc3)cc2)CC(C)O1. The minimum Gasteiger partial charge on any atom is -0.484 e. The standard InChI is InChI=1S/C22H27N3O4/c1-15-11-25(12-16(2)29-15)13-17-3-5-18(6-4-17)22(27)24-19-7-9-20(10-8-19)28-14-21(23)26/h3-10,15-16H,11-14H2,1-2H3,(H2,23,26)(H,24,27). The fourth-order valence-corrected chi connectivity index (χ4v) is 3.43. The number of benzene rings is 2. The molecule has 2 unspecified atom stereocenters. The normalized spacial score (nSPS) is 19.5. The molecule has 0 spiro atoms. The lowest BCUT2D eigenvalue weighted by atomic mass is 10.1. The molecule has 0 bridgehead atoms. The summed E-state index contributed by atoms with van der Waals surface area (Å²) in [5.41, 5.74) is 7.44. The summed E-state index contributed by atoms with van der Waals surface area (Å²) in [5, 5.41) is 2.85. The summed E-state index contributed by atoms with van der Waals surface area (Å²) >= 11 is 0. The Labute approximate surface area is 170 Å². The maximum Gasteiger partial charge on any atom is 0.255 e. The molecular weight excluding hydrogens is 370 g/mol. The maximum absolute atomic E-state index is 12.5. The number of nitrogens with one attached hydrogen (secondary N) is 1. The second-order valence-corrected chi connectivity index (χ2v) is 7.38. The van der Waals surface area contributed by atoms with Gasteiger partial charge >= 0.3 is 0 Å². The molecule has 7 heteroatoms. The Kier molecular flexibility index (Phi) is 6.85. The van der Waals surface area contributed by atoms with Crippen LogP contribution in [0.4, 0.5) is 5.69 Å². The van der Waals surface area contributed by atoms with Crippen molar-refractivity contribution in [3.63, 3.8) is 0 Å². The van der Waals surface area contributed by atoms with Gasteiger partial charge in [-0.15, -0.1) is 0 Å². The predicted molar refractivity (Wildman–Crippen MR) is 111 cm³/mol.